The summed E-state index contributed by atoms with van der Waals surface area (Å²) in [5.41, 5.74) is 0. The van der Waals surface area contributed by atoms with Gasteiger partial charge in [-0.3, -0.25) is 4.79 Å². The van der Waals surface area contributed by atoms with Crippen molar-refractivity contribution in [1.29, 1.82) is 0 Å². The highest BCUT2D eigenvalue weighted by Crippen LogP contribution is 2.35. The number of carbonyl (C=O) groups excluding carboxylic acids is 1. The van der Waals surface area contributed by atoms with E-state index in [9.17, 15) is 14.7 Å². The average molecular weight is 271 g/mol. The minimum Gasteiger partial charge on any atom is -0.480 e. The van der Waals surface area contributed by atoms with E-state index in [-0.39, 0.29) is 42.9 Å². The number of β-amino-alcohol motifs (C(OH)–C–C–N with tert-alkyl or cyclic N) is 1. The van der Waals surface area contributed by atoms with Gasteiger partial charge in [0.15, 0.2) is 0 Å². The van der Waals surface area contributed by atoms with E-state index >= 15 is 0 Å². The Hall–Kier alpha value is -1.14. The molecule has 0 spiro atoms. The molecule has 2 heterocycles. The fourth-order valence-electron chi connectivity index (χ4n) is 3.18. The Morgan fingerprint density at radius 1 is 1.21 bits per heavy atom. The molecule has 0 bridgehead atoms. The van der Waals surface area contributed by atoms with Crippen molar-refractivity contribution in [3.8, 4) is 0 Å². The summed E-state index contributed by atoms with van der Waals surface area (Å²) in [6, 6.07) is -0.919. The molecular weight excluding hydrogens is 250 g/mol. The lowest BCUT2D eigenvalue weighted by Gasteiger charge is -2.27. The van der Waals surface area contributed by atoms with Crippen molar-refractivity contribution in [3.05, 3.63) is 0 Å². The third-order valence-corrected chi connectivity index (χ3v) is 4.37. The summed E-state index contributed by atoms with van der Waals surface area (Å²) in [6.45, 7) is 5.80. The summed E-state index contributed by atoms with van der Waals surface area (Å²) in [6.07, 6.45) is -0.882. The summed E-state index contributed by atoms with van der Waals surface area (Å²) in [5.74, 6) is -1.55. The van der Waals surface area contributed by atoms with Gasteiger partial charge in [0.25, 0.3) is 0 Å². The molecule has 0 saturated carbocycles. The van der Waals surface area contributed by atoms with Crippen LogP contribution < -0.4 is 0 Å². The van der Waals surface area contributed by atoms with E-state index in [0.29, 0.717) is 0 Å². The highest BCUT2D eigenvalue weighted by molar-refractivity contribution is 5.86. The first-order valence-electron chi connectivity index (χ1n) is 6.69. The molecule has 0 aromatic heterocycles. The second kappa shape index (κ2) is 5.09. The van der Waals surface area contributed by atoms with Crippen LogP contribution in [0.3, 0.4) is 0 Å². The molecule has 2 fully saturated rings. The van der Waals surface area contributed by atoms with E-state index in [2.05, 4.69) is 0 Å². The molecule has 6 heteroatoms. The second-order valence-electron chi connectivity index (χ2n) is 5.67. The Kier molecular flexibility index (Phi) is 3.82. The van der Waals surface area contributed by atoms with Gasteiger partial charge >= 0.3 is 5.97 Å². The Labute approximate surface area is 112 Å². The Morgan fingerprint density at radius 3 is 2.32 bits per heavy atom. The zero-order valence-electron chi connectivity index (χ0n) is 11.4. The van der Waals surface area contributed by atoms with Crippen molar-refractivity contribution in [1.82, 2.24) is 4.90 Å². The third-order valence-electron chi connectivity index (χ3n) is 4.37. The van der Waals surface area contributed by atoms with Gasteiger partial charge in [0.05, 0.1) is 24.2 Å². The Morgan fingerprint density at radius 2 is 1.84 bits per heavy atom. The van der Waals surface area contributed by atoms with Crippen LogP contribution in [0.2, 0.25) is 0 Å². The van der Waals surface area contributed by atoms with Crippen molar-refractivity contribution in [3.63, 3.8) is 0 Å². The van der Waals surface area contributed by atoms with Gasteiger partial charge in [0, 0.05) is 13.0 Å². The molecule has 2 saturated heterocycles. The summed E-state index contributed by atoms with van der Waals surface area (Å²) in [7, 11) is 0. The van der Waals surface area contributed by atoms with E-state index in [1.807, 2.05) is 20.8 Å². The monoisotopic (exact) mass is 271 g/mol. The molecule has 2 N–H and O–H groups in total. The van der Waals surface area contributed by atoms with Crippen molar-refractivity contribution in [2.45, 2.75) is 51.5 Å². The normalized spacial score (nSPS) is 42.6. The lowest BCUT2D eigenvalue weighted by molar-refractivity contribution is -0.151. The first-order valence-corrected chi connectivity index (χ1v) is 6.69. The van der Waals surface area contributed by atoms with Crippen molar-refractivity contribution >= 4 is 11.9 Å². The maximum atomic E-state index is 12.5. The summed E-state index contributed by atoms with van der Waals surface area (Å²) in [5, 5.41) is 18.7. The first kappa shape index (κ1) is 14.3. The van der Waals surface area contributed by atoms with Crippen LogP contribution in [0.1, 0.15) is 27.2 Å². The number of nitrogens with zero attached hydrogens (tertiary/aromatic N) is 1. The fraction of sp³-hybridized carbons (Fsp3) is 0.846. The molecule has 1 amide bonds. The van der Waals surface area contributed by atoms with Crippen molar-refractivity contribution in [2.24, 2.45) is 11.8 Å². The van der Waals surface area contributed by atoms with E-state index in [0.717, 1.165) is 0 Å². The van der Waals surface area contributed by atoms with Crippen LogP contribution in [0.5, 0.6) is 0 Å². The van der Waals surface area contributed by atoms with Gasteiger partial charge in [-0.2, -0.15) is 0 Å². The molecule has 19 heavy (non-hydrogen) atoms. The molecule has 108 valence electrons. The molecule has 6 nitrogen and oxygen atoms in total. The van der Waals surface area contributed by atoms with Crippen molar-refractivity contribution < 1.29 is 24.5 Å². The van der Waals surface area contributed by atoms with Crippen LogP contribution >= 0.6 is 0 Å². The zero-order valence-corrected chi connectivity index (χ0v) is 11.4. The SMILES string of the molecule is CC1OC(C)C(C(=O)N2CC(O)C[C@H]2C(=O)O)C1C. The van der Waals surface area contributed by atoms with Crippen LogP contribution in [-0.4, -0.2) is 57.9 Å². The quantitative estimate of drug-likeness (QED) is 0.743. The average Bonchev–Trinajstić information content (AvgIpc) is 2.81. The topological polar surface area (TPSA) is 87.1 Å². The maximum absolute atomic E-state index is 12.5. The molecular formula is C13H21NO5. The number of carboxylic acids is 1. The van der Waals surface area contributed by atoms with Crippen molar-refractivity contribution in [2.75, 3.05) is 6.54 Å². The number of ether oxygens (including phenoxy) is 1. The minimum atomic E-state index is -1.06. The predicted octanol–water partition coefficient (Wildman–Crippen LogP) is 0.0923. The standard InChI is InChI=1S/C13H21NO5/c1-6-7(2)19-8(3)11(6)12(16)14-5-9(15)4-10(14)13(17)18/h6-11,15H,4-5H2,1-3H3,(H,17,18)/t6?,7?,8?,9?,10-,11?/m0/s1. The number of rotatable bonds is 2. The number of aliphatic hydroxyl groups excluding tert-OH is 1. The maximum Gasteiger partial charge on any atom is 0.326 e. The van der Waals surface area contributed by atoms with Gasteiger partial charge < -0.3 is 19.8 Å². The Balaban J connectivity index is 2.17. The molecule has 0 radical (unpaired) electrons. The number of carbonyl (C=O) groups is 2. The second-order valence-corrected chi connectivity index (χ2v) is 5.67. The largest absolute Gasteiger partial charge is 0.480 e. The molecule has 5 unspecified atom stereocenters. The fourth-order valence-corrected chi connectivity index (χ4v) is 3.18. The lowest BCUT2D eigenvalue weighted by atomic mass is 9.88. The molecule has 2 aliphatic rings. The van der Waals surface area contributed by atoms with Crippen LogP contribution in [0.15, 0.2) is 0 Å². The Bertz CT molecular complexity index is 385. The molecule has 2 rings (SSSR count). The van der Waals surface area contributed by atoms with E-state index in [1.54, 1.807) is 0 Å². The highest BCUT2D eigenvalue weighted by atomic mass is 16.5. The number of aliphatic hydroxyl groups is 1. The van der Waals surface area contributed by atoms with Crippen LogP contribution in [0.25, 0.3) is 0 Å². The first-order chi connectivity index (χ1) is 8.82. The third kappa shape index (κ3) is 2.47. The number of hydrogen-bond acceptors (Lipinski definition) is 4. The number of aliphatic carboxylic acids is 1. The van der Waals surface area contributed by atoms with Crippen LogP contribution in [-0.2, 0) is 14.3 Å². The zero-order chi connectivity index (χ0) is 14.3. The summed E-state index contributed by atoms with van der Waals surface area (Å²) in [4.78, 5) is 25.0. The highest BCUT2D eigenvalue weighted by Gasteiger charge is 2.48. The lowest BCUT2D eigenvalue weighted by Crippen LogP contribution is -2.46. The van der Waals surface area contributed by atoms with Gasteiger partial charge in [-0.15, -0.1) is 0 Å². The molecule has 2 aliphatic heterocycles. The number of hydrogen-bond donors (Lipinski definition) is 2. The molecule has 6 atom stereocenters. The van der Waals surface area contributed by atoms with Gasteiger partial charge in [-0.25, -0.2) is 4.79 Å². The van der Waals surface area contributed by atoms with Gasteiger partial charge in [-0.05, 0) is 19.8 Å². The van der Waals surface area contributed by atoms with Gasteiger partial charge in [0.2, 0.25) is 5.91 Å². The minimum absolute atomic E-state index is 0.0141. The van der Waals surface area contributed by atoms with E-state index in [1.165, 1.54) is 4.90 Å². The number of amides is 1. The van der Waals surface area contributed by atoms with E-state index < -0.39 is 18.1 Å². The number of carboxylic acid groups (broad SMARTS) is 1. The molecule has 0 aliphatic carbocycles. The summed E-state index contributed by atoms with van der Waals surface area (Å²) >= 11 is 0. The van der Waals surface area contributed by atoms with E-state index in [4.69, 9.17) is 9.84 Å². The molecule has 0 aromatic carbocycles. The smallest absolute Gasteiger partial charge is 0.326 e. The van der Waals surface area contributed by atoms with Crippen LogP contribution in [0, 0.1) is 11.8 Å². The predicted molar refractivity (Wildman–Crippen MR) is 66.4 cm³/mol. The molecule has 0 aromatic rings. The van der Waals surface area contributed by atoms with Gasteiger partial charge in [-0.1, -0.05) is 6.92 Å². The van der Waals surface area contributed by atoms with Crippen LogP contribution in [0.4, 0.5) is 0 Å². The summed E-state index contributed by atoms with van der Waals surface area (Å²) < 4.78 is 5.63. The van der Waals surface area contributed by atoms with Gasteiger partial charge in [0.1, 0.15) is 6.04 Å². The number of likely N-dealkylation sites (tertiary alicyclic amines) is 1.